The van der Waals surface area contributed by atoms with Crippen molar-refractivity contribution >= 4 is 5.97 Å². The van der Waals surface area contributed by atoms with Gasteiger partial charge in [-0.25, -0.2) is 0 Å². The molecule has 4 heteroatoms. The zero-order valence-electron chi connectivity index (χ0n) is 10.3. The fraction of sp³-hybridized carbons (Fsp3) is 0.923. The molecule has 17 heavy (non-hydrogen) atoms. The largest absolute Gasteiger partial charge is 0.480 e. The van der Waals surface area contributed by atoms with Crippen LogP contribution in [0, 0.1) is 5.92 Å². The molecule has 0 aromatic carbocycles. The molecular weight excluding hydrogens is 216 g/mol. The SMILES string of the molecule is O=C(O)C(CN1CCCC1)(NC1CC1)C1CC1. The van der Waals surface area contributed by atoms with E-state index in [2.05, 4.69) is 10.2 Å². The highest BCUT2D eigenvalue weighted by atomic mass is 16.4. The number of rotatable bonds is 6. The molecule has 0 bridgehead atoms. The minimum Gasteiger partial charge on any atom is -0.480 e. The summed E-state index contributed by atoms with van der Waals surface area (Å²) in [6, 6.07) is 0.467. The van der Waals surface area contributed by atoms with Crippen LogP contribution < -0.4 is 5.32 Å². The zero-order chi connectivity index (χ0) is 11.9. The molecule has 3 rings (SSSR count). The Labute approximate surface area is 102 Å². The van der Waals surface area contributed by atoms with E-state index in [0.717, 1.165) is 38.8 Å². The second-order valence-corrected chi connectivity index (χ2v) is 5.95. The maximum absolute atomic E-state index is 11.8. The monoisotopic (exact) mass is 238 g/mol. The van der Waals surface area contributed by atoms with Crippen LogP contribution in [0.5, 0.6) is 0 Å². The predicted octanol–water partition coefficient (Wildman–Crippen LogP) is 1.07. The van der Waals surface area contributed by atoms with Gasteiger partial charge in [0.1, 0.15) is 5.54 Å². The summed E-state index contributed by atoms with van der Waals surface area (Å²) in [5.41, 5.74) is -0.647. The molecule has 3 fully saturated rings. The summed E-state index contributed by atoms with van der Waals surface area (Å²) in [5.74, 6) is -0.264. The molecule has 2 aliphatic carbocycles. The molecule has 0 aromatic rings. The van der Waals surface area contributed by atoms with Gasteiger partial charge in [0.15, 0.2) is 0 Å². The lowest BCUT2D eigenvalue weighted by molar-refractivity contribution is -0.147. The minimum atomic E-state index is -0.647. The van der Waals surface area contributed by atoms with E-state index in [0.29, 0.717) is 18.5 Å². The van der Waals surface area contributed by atoms with Gasteiger partial charge in [-0.1, -0.05) is 0 Å². The number of nitrogens with zero attached hydrogens (tertiary/aromatic N) is 1. The Kier molecular flexibility index (Phi) is 2.87. The lowest BCUT2D eigenvalue weighted by atomic mass is 9.92. The first-order valence-electron chi connectivity index (χ1n) is 6.94. The summed E-state index contributed by atoms with van der Waals surface area (Å²) in [6.07, 6.45) is 6.93. The maximum atomic E-state index is 11.8. The topological polar surface area (TPSA) is 52.6 Å². The van der Waals surface area contributed by atoms with E-state index in [4.69, 9.17) is 0 Å². The molecule has 0 radical (unpaired) electrons. The molecule has 96 valence electrons. The van der Waals surface area contributed by atoms with Gasteiger partial charge in [0.05, 0.1) is 0 Å². The van der Waals surface area contributed by atoms with E-state index < -0.39 is 11.5 Å². The van der Waals surface area contributed by atoms with Crippen molar-refractivity contribution in [1.29, 1.82) is 0 Å². The average molecular weight is 238 g/mol. The van der Waals surface area contributed by atoms with Gasteiger partial charge in [0.2, 0.25) is 0 Å². The minimum absolute atomic E-state index is 0.362. The average Bonchev–Trinajstić information content (AvgIpc) is 3.19. The number of carboxylic acid groups (broad SMARTS) is 1. The van der Waals surface area contributed by atoms with Crippen molar-refractivity contribution in [2.75, 3.05) is 19.6 Å². The molecule has 1 saturated heterocycles. The van der Waals surface area contributed by atoms with Gasteiger partial charge in [-0.15, -0.1) is 0 Å². The van der Waals surface area contributed by atoms with Crippen LogP contribution in [0.4, 0.5) is 0 Å². The van der Waals surface area contributed by atoms with E-state index in [1.807, 2.05) is 0 Å². The fourth-order valence-electron chi connectivity index (χ4n) is 3.06. The molecular formula is C13H22N2O2. The summed E-state index contributed by atoms with van der Waals surface area (Å²) < 4.78 is 0. The van der Waals surface area contributed by atoms with E-state index >= 15 is 0 Å². The predicted molar refractivity (Wildman–Crippen MR) is 64.9 cm³/mol. The van der Waals surface area contributed by atoms with E-state index in [-0.39, 0.29) is 0 Å². The Morgan fingerprint density at radius 2 is 1.88 bits per heavy atom. The van der Waals surface area contributed by atoms with E-state index in [9.17, 15) is 9.90 Å². The third-order valence-corrected chi connectivity index (χ3v) is 4.37. The van der Waals surface area contributed by atoms with Crippen LogP contribution in [-0.4, -0.2) is 47.2 Å². The highest BCUT2D eigenvalue weighted by Gasteiger charge is 2.54. The van der Waals surface area contributed by atoms with Gasteiger partial charge < -0.3 is 10.0 Å². The molecule has 3 aliphatic rings. The van der Waals surface area contributed by atoms with Gasteiger partial charge in [-0.3, -0.25) is 10.1 Å². The number of aliphatic carboxylic acids is 1. The number of hydrogen-bond donors (Lipinski definition) is 2. The summed E-state index contributed by atoms with van der Waals surface area (Å²) in [4.78, 5) is 14.1. The number of nitrogens with one attached hydrogen (secondary N) is 1. The maximum Gasteiger partial charge on any atom is 0.325 e. The molecule has 2 saturated carbocycles. The van der Waals surface area contributed by atoms with Crippen molar-refractivity contribution in [3.05, 3.63) is 0 Å². The first-order valence-corrected chi connectivity index (χ1v) is 6.94. The van der Waals surface area contributed by atoms with Crippen LogP contribution in [0.2, 0.25) is 0 Å². The van der Waals surface area contributed by atoms with Crippen LogP contribution in [0.15, 0.2) is 0 Å². The van der Waals surface area contributed by atoms with Crippen LogP contribution in [0.25, 0.3) is 0 Å². The van der Waals surface area contributed by atoms with Gasteiger partial charge in [0.25, 0.3) is 0 Å². The van der Waals surface area contributed by atoms with Gasteiger partial charge in [0, 0.05) is 12.6 Å². The standard InChI is InChI=1S/C13H22N2O2/c16-12(17)13(10-3-4-10,14-11-5-6-11)9-15-7-1-2-8-15/h10-11,14H,1-9H2,(H,16,17). The van der Waals surface area contributed by atoms with Crippen molar-refractivity contribution in [3.63, 3.8) is 0 Å². The lowest BCUT2D eigenvalue weighted by Gasteiger charge is -2.34. The van der Waals surface area contributed by atoms with Crippen LogP contribution in [-0.2, 0) is 4.79 Å². The van der Waals surface area contributed by atoms with Crippen molar-refractivity contribution in [2.45, 2.75) is 50.1 Å². The van der Waals surface area contributed by atoms with Crippen molar-refractivity contribution in [1.82, 2.24) is 10.2 Å². The van der Waals surface area contributed by atoms with Crippen LogP contribution in [0.1, 0.15) is 38.5 Å². The summed E-state index contributed by atoms with van der Waals surface area (Å²) in [5, 5.41) is 13.1. The van der Waals surface area contributed by atoms with E-state index in [1.165, 1.54) is 12.8 Å². The Morgan fingerprint density at radius 3 is 2.35 bits per heavy atom. The third-order valence-electron chi connectivity index (χ3n) is 4.37. The highest BCUT2D eigenvalue weighted by Crippen LogP contribution is 2.42. The molecule has 0 spiro atoms. The second kappa shape index (κ2) is 4.25. The number of carboxylic acids is 1. The number of carbonyl (C=O) groups is 1. The molecule has 2 N–H and O–H groups in total. The molecule has 0 aromatic heterocycles. The molecule has 4 nitrogen and oxygen atoms in total. The molecule has 1 unspecified atom stereocenters. The van der Waals surface area contributed by atoms with E-state index in [1.54, 1.807) is 0 Å². The third kappa shape index (κ3) is 2.33. The second-order valence-electron chi connectivity index (χ2n) is 5.95. The highest BCUT2D eigenvalue weighted by molar-refractivity contribution is 5.80. The fourth-order valence-corrected chi connectivity index (χ4v) is 3.06. The molecule has 1 atom stereocenters. The zero-order valence-corrected chi connectivity index (χ0v) is 10.3. The first kappa shape index (κ1) is 11.5. The summed E-state index contributed by atoms with van der Waals surface area (Å²) in [6.45, 7) is 2.87. The van der Waals surface area contributed by atoms with Crippen molar-refractivity contribution in [2.24, 2.45) is 5.92 Å². The Balaban J connectivity index is 1.74. The van der Waals surface area contributed by atoms with Crippen molar-refractivity contribution in [3.8, 4) is 0 Å². The van der Waals surface area contributed by atoms with Gasteiger partial charge >= 0.3 is 5.97 Å². The van der Waals surface area contributed by atoms with Crippen LogP contribution >= 0.6 is 0 Å². The Bertz CT molecular complexity index is 307. The van der Waals surface area contributed by atoms with Gasteiger partial charge in [-0.2, -0.15) is 0 Å². The smallest absolute Gasteiger partial charge is 0.325 e. The lowest BCUT2D eigenvalue weighted by Crippen LogP contribution is -2.61. The summed E-state index contributed by atoms with van der Waals surface area (Å²) in [7, 11) is 0. The molecule has 0 amide bonds. The molecule has 1 heterocycles. The first-order chi connectivity index (χ1) is 8.21. The number of hydrogen-bond acceptors (Lipinski definition) is 3. The Morgan fingerprint density at radius 1 is 1.24 bits per heavy atom. The number of likely N-dealkylation sites (tertiary alicyclic amines) is 1. The Hall–Kier alpha value is -0.610. The van der Waals surface area contributed by atoms with Crippen LogP contribution in [0.3, 0.4) is 0 Å². The normalized spacial score (nSPS) is 29.2. The van der Waals surface area contributed by atoms with Gasteiger partial charge in [-0.05, 0) is 57.5 Å². The summed E-state index contributed by atoms with van der Waals surface area (Å²) >= 11 is 0. The quantitative estimate of drug-likeness (QED) is 0.727. The molecule has 1 aliphatic heterocycles. The van der Waals surface area contributed by atoms with Crippen molar-refractivity contribution < 1.29 is 9.90 Å².